The molecule has 30 heavy (non-hydrogen) atoms. The Bertz CT molecular complexity index is 1040. The van der Waals surface area contributed by atoms with Gasteiger partial charge in [0, 0.05) is 10.5 Å². The molecule has 6 heteroatoms. The third-order valence-corrected chi connectivity index (χ3v) is 5.30. The van der Waals surface area contributed by atoms with Crippen LogP contribution in [0, 0.1) is 6.92 Å². The highest BCUT2D eigenvalue weighted by atomic mass is 32.2. The van der Waals surface area contributed by atoms with Gasteiger partial charge in [0.25, 0.3) is 5.91 Å². The summed E-state index contributed by atoms with van der Waals surface area (Å²) in [5, 5.41) is 2.84. The Morgan fingerprint density at radius 2 is 1.67 bits per heavy atom. The summed E-state index contributed by atoms with van der Waals surface area (Å²) in [4.78, 5) is 26.9. The van der Waals surface area contributed by atoms with Crippen LogP contribution < -0.4 is 10.1 Å². The zero-order valence-electron chi connectivity index (χ0n) is 17.0. The van der Waals surface area contributed by atoms with Gasteiger partial charge in [0.15, 0.2) is 0 Å². The van der Waals surface area contributed by atoms with E-state index in [0.29, 0.717) is 22.6 Å². The van der Waals surface area contributed by atoms with Crippen LogP contribution in [0.3, 0.4) is 0 Å². The highest BCUT2D eigenvalue weighted by Crippen LogP contribution is 2.29. The van der Waals surface area contributed by atoms with Gasteiger partial charge in [0.05, 0.1) is 18.4 Å². The van der Waals surface area contributed by atoms with Crippen molar-refractivity contribution >= 4 is 29.3 Å². The Morgan fingerprint density at radius 3 is 2.37 bits per heavy atom. The van der Waals surface area contributed by atoms with E-state index in [1.54, 1.807) is 42.5 Å². The molecule has 1 atom stereocenters. The zero-order valence-corrected chi connectivity index (χ0v) is 17.9. The van der Waals surface area contributed by atoms with Gasteiger partial charge in [-0.1, -0.05) is 48.5 Å². The van der Waals surface area contributed by atoms with Crippen molar-refractivity contribution < 1.29 is 19.1 Å². The molecular weight excluding hydrogens is 398 g/mol. The molecule has 0 spiro atoms. The molecule has 0 unspecified atom stereocenters. The fourth-order valence-electron chi connectivity index (χ4n) is 3.00. The lowest BCUT2D eigenvalue weighted by molar-refractivity contribution is -0.125. The van der Waals surface area contributed by atoms with E-state index in [-0.39, 0.29) is 0 Å². The number of ether oxygens (including phenoxy) is 2. The maximum absolute atomic E-state index is 13.2. The minimum absolute atomic E-state index is 0.423. The quantitative estimate of drug-likeness (QED) is 0.416. The number of esters is 1. The monoisotopic (exact) mass is 421 g/mol. The Balaban J connectivity index is 1.91. The SMILES string of the molecule is COc1ccc(C)cc1NC(=O)[C@H](OC(=O)c1ccccc1SC)c1ccccc1. The average Bonchev–Trinajstić information content (AvgIpc) is 2.78. The van der Waals surface area contributed by atoms with E-state index in [4.69, 9.17) is 9.47 Å². The third-order valence-electron chi connectivity index (χ3n) is 4.51. The molecule has 0 bridgehead atoms. The van der Waals surface area contributed by atoms with Crippen LogP contribution in [0.1, 0.15) is 27.6 Å². The number of thioether (sulfide) groups is 1. The lowest BCUT2D eigenvalue weighted by Gasteiger charge is -2.20. The van der Waals surface area contributed by atoms with Crippen LogP contribution in [0.25, 0.3) is 0 Å². The predicted octanol–water partition coefficient (Wildman–Crippen LogP) is 5.26. The Hall–Kier alpha value is -3.25. The van der Waals surface area contributed by atoms with E-state index >= 15 is 0 Å². The summed E-state index contributed by atoms with van der Waals surface area (Å²) in [5.74, 6) is -0.486. The summed E-state index contributed by atoms with van der Waals surface area (Å²) in [6.07, 6.45) is 0.774. The number of benzene rings is 3. The second-order valence-electron chi connectivity index (χ2n) is 6.59. The van der Waals surface area contributed by atoms with Crippen molar-refractivity contribution in [1.29, 1.82) is 0 Å². The first-order valence-corrected chi connectivity index (χ1v) is 10.6. The van der Waals surface area contributed by atoms with Crippen LogP contribution in [0.2, 0.25) is 0 Å². The highest BCUT2D eigenvalue weighted by molar-refractivity contribution is 7.98. The van der Waals surface area contributed by atoms with Gasteiger partial charge in [-0.05, 0) is 43.0 Å². The van der Waals surface area contributed by atoms with E-state index < -0.39 is 18.0 Å². The topological polar surface area (TPSA) is 64.6 Å². The molecule has 3 rings (SSSR count). The first-order chi connectivity index (χ1) is 14.5. The minimum atomic E-state index is -1.11. The van der Waals surface area contributed by atoms with Gasteiger partial charge in [-0.15, -0.1) is 11.8 Å². The number of carbonyl (C=O) groups excluding carboxylic acids is 2. The van der Waals surface area contributed by atoms with Gasteiger partial charge < -0.3 is 14.8 Å². The molecule has 0 saturated carbocycles. The molecule has 1 amide bonds. The molecular formula is C24H23NO4S. The second kappa shape index (κ2) is 9.98. The van der Waals surface area contributed by atoms with Gasteiger partial charge in [-0.2, -0.15) is 0 Å². The van der Waals surface area contributed by atoms with Crippen LogP contribution in [-0.4, -0.2) is 25.2 Å². The van der Waals surface area contributed by atoms with Gasteiger partial charge in [-0.3, -0.25) is 4.79 Å². The Kier molecular flexibility index (Phi) is 7.14. The summed E-state index contributed by atoms with van der Waals surface area (Å²) in [5.41, 5.74) is 2.49. The molecule has 0 aliphatic heterocycles. The van der Waals surface area contributed by atoms with Crippen LogP contribution in [0.4, 0.5) is 5.69 Å². The van der Waals surface area contributed by atoms with Gasteiger partial charge >= 0.3 is 5.97 Å². The Morgan fingerprint density at radius 1 is 0.967 bits per heavy atom. The van der Waals surface area contributed by atoms with E-state index in [9.17, 15) is 9.59 Å². The largest absolute Gasteiger partial charge is 0.495 e. The van der Waals surface area contributed by atoms with E-state index in [1.165, 1.54) is 18.9 Å². The number of amides is 1. The van der Waals surface area contributed by atoms with Crippen molar-refractivity contribution in [2.24, 2.45) is 0 Å². The smallest absolute Gasteiger partial charge is 0.340 e. The lowest BCUT2D eigenvalue weighted by Crippen LogP contribution is -2.26. The third kappa shape index (κ3) is 5.02. The molecule has 0 aromatic heterocycles. The maximum atomic E-state index is 13.2. The molecule has 0 heterocycles. The molecule has 5 nitrogen and oxygen atoms in total. The molecule has 154 valence electrons. The summed E-state index contributed by atoms with van der Waals surface area (Å²) >= 11 is 1.45. The van der Waals surface area contributed by atoms with Crippen molar-refractivity contribution in [3.8, 4) is 5.75 Å². The standard InChI is InChI=1S/C24H23NO4S/c1-16-13-14-20(28-2)19(15-16)25-23(26)22(17-9-5-4-6-10-17)29-24(27)18-11-7-8-12-21(18)30-3/h4-15,22H,1-3H3,(H,25,26)/t22-/m1/s1. The fourth-order valence-corrected chi connectivity index (χ4v) is 3.59. The number of rotatable bonds is 7. The molecule has 0 fully saturated rings. The first kappa shape index (κ1) is 21.5. The van der Waals surface area contributed by atoms with Gasteiger partial charge in [-0.25, -0.2) is 4.79 Å². The summed E-state index contributed by atoms with van der Waals surface area (Å²) in [6, 6.07) is 21.6. The van der Waals surface area contributed by atoms with E-state index in [1.807, 2.05) is 43.5 Å². The molecule has 0 radical (unpaired) electrons. The van der Waals surface area contributed by atoms with Crippen molar-refractivity contribution in [2.75, 3.05) is 18.7 Å². The second-order valence-corrected chi connectivity index (χ2v) is 7.44. The normalized spacial score (nSPS) is 11.4. The zero-order chi connectivity index (χ0) is 21.5. The molecule has 0 aliphatic carbocycles. The molecule has 0 aliphatic rings. The fraction of sp³-hybridized carbons (Fsp3) is 0.167. The van der Waals surface area contributed by atoms with Crippen LogP contribution >= 0.6 is 11.8 Å². The number of hydrogen-bond acceptors (Lipinski definition) is 5. The van der Waals surface area contributed by atoms with E-state index in [0.717, 1.165) is 10.5 Å². The van der Waals surface area contributed by atoms with Crippen LogP contribution in [-0.2, 0) is 9.53 Å². The minimum Gasteiger partial charge on any atom is -0.495 e. The van der Waals surface area contributed by atoms with Crippen molar-refractivity contribution in [3.05, 3.63) is 89.5 Å². The van der Waals surface area contributed by atoms with Gasteiger partial charge in [0.2, 0.25) is 6.10 Å². The number of methoxy groups -OCH3 is 1. The van der Waals surface area contributed by atoms with E-state index in [2.05, 4.69) is 5.32 Å². The summed E-state index contributed by atoms with van der Waals surface area (Å²) in [7, 11) is 1.54. The van der Waals surface area contributed by atoms with Crippen molar-refractivity contribution in [2.45, 2.75) is 17.9 Å². The molecule has 3 aromatic carbocycles. The van der Waals surface area contributed by atoms with Crippen molar-refractivity contribution in [3.63, 3.8) is 0 Å². The number of carbonyl (C=O) groups is 2. The summed E-state index contributed by atoms with van der Waals surface area (Å²) in [6.45, 7) is 1.92. The van der Waals surface area contributed by atoms with Gasteiger partial charge in [0.1, 0.15) is 5.75 Å². The van der Waals surface area contributed by atoms with Crippen LogP contribution in [0.15, 0.2) is 77.7 Å². The average molecular weight is 422 g/mol. The predicted molar refractivity (Wildman–Crippen MR) is 119 cm³/mol. The molecule has 1 N–H and O–H groups in total. The number of aryl methyl sites for hydroxylation is 1. The summed E-state index contributed by atoms with van der Waals surface area (Å²) < 4.78 is 11.0. The lowest BCUT2D eigenvalue weighted by atomic mass is 10.1. The number of nitrogens with one attached hydrogen (secondary N) is 1. The number of hydrogen-bond donors (Lipinski definition) is 1. The van der Waals surface area contributed by atoms with Crippen molar-refractivity contribution in [1.82, 2.24) is 0 Å². The Labute approximate surface area is 180 Å². The maximum Gasteiger partial charge on any atom is 0.340 e. The molecule has 0 saturated heterocycles. The highest BCUT2D eigenvalue weighted by Gasteiger charge is 2.27. The molecule has 3 aromatic rings. The first-order valence-electron chi connectivity index (χ1n) is 9.38. The van der Waals surface area contributed by atoms with Crippen LogP contribution in [0.5, 0.6) is 5.75 Å². The number of anilines is 1.